The molecule has 0 saturated heterocycles. The van der Waals surface area contributed by atoms with Crippen molar-refractivity contribution in [2.24, 2.45) is 5.73 Å². The van der Waals surface area contributed by atoms with Crippen LogP contribution < -0.4 is 11.1 Å². The Labute approximate surface area is 116 Å². The van der Waals surface area contributed by atoms with Crippen molar-refractivity contribution in [2.75, 3.05) is 5.32 Å². The van der Waals surface area contributed by atoms with Gasteiger partial charge in [0.2, 0.25) is 5.91 Å². The molecule has 0 radical (unpaired) electrons. The van der Waals surface area contributed by atoms with Gasteiger partial charge in [-0.2, -0.15) is 0 Å². The summed E-state index contributed by atoms with van der Waals surface area (Å²) in [5.74, 6) is -0.806. The zero-order valence-corrected chi connectivity index (χ0v) is 10.7. The highest BCUT2D eigenvalue weighted by Gasteiger charge is 2.15. The van der Waals surface area contributed by atoms with Crippen molar-refractivity contribution in [1.82, 2.24) is 0 Å². The smallest absolute Gasteiger partial charge is 0.241 e. The zero-order chi connectivity index (χ0) is 14.5. The number of carbonyl (C=O) groups excluding carboxylic acids is 1. The molecular weight excluding hydrogens is 259 g/mol. The molecule has 0 fully saturated rings. The number of anilines is 1. The second kappa shape index (κ2) is 6.16. The van der Waals surface area contributed by atoms with Crippen molar-refractivity contribution >= 4 is 11.6 Å². The maximum absolute atomic E-state index is 13.4. The molecule has 104 valence electrons. The monoisotopic (exact) mass is 274 g/mol. The predicted molar refractivity (Wildman–Crippen MR) is 74.8 cm³/mol. The molecule has 2 aromatic carbocycles. The van der Waals surface area contributed by atoms with Crippen LogP contribution in [0.3, 0.4) is 0 Å². The van der Waals surface area contributed by atoms with Gasteiger partial charge in [0.15, 0.2) is 0 Å². The summed E-state index contributed by atoms with van der Waals surface area (Å²) in [7, 11) is 0. The molecule has 0 aliphatic rings. The minimum atomic E-state index is -0.792. The van der Waals surface area contributed by atoms with Crippen LogP contribution >= 0.6 is 0 Å². The van der Waals surface area contributed by atoms with E-state index in [4.69, 9.17) is 5.73 Å². The highest BCUT2D eigenvalue weighted by molar-refractivity contribution is 5.94. The average Bonchev–Trinajstić information content (AvgIpc) is 2.44. The second-order valence-corrected chi connectivity index (χ2v) is 4.45. The molecule has 0 spiro atoms. The van der Waals surface area contributed by atoms with Crippen LogP contribution in [0.5, 0.6) is 5.75 Å². The minimum Gasteiger partial charge on any atom is -0.508 e. The molecule has 20 heavy (non-hydrogen) atoms. The van der Waals surface area contributed by atoms with E-state index in [1.807, 2.05) is 0 Å². The lowest BCUT2D eigenvalue weighted by Crippen LogP contribution is -2.37. The number of hydrogen-bond acceptors (Lipinski definition) is 3. The molecule has 0 unspecified atom stereocenters. The Morgan fingerprint density at radius 3 is 2.50 bits per heavy atom. The standard InChI is InChI=1S/C15H15FN2O2/c16-12-3-1-2-4-14(12)18-15(20)13(17)9-10-5-7-11(19)8-6-10/h1-8,13,19H,9,17H2,(H,18,20)/t13-/m1/s1. The summed E-state index contributed by atoms with van der Waals surface area (Å²) in [5.41, 5.74) is 6.72. The van der Waals surface area contributed by atoms with Crippen LogP contribution in [0.1, 0.15) is 5.56 Å². The molecule has 4 N–H and O–H groups in total. The first-order valence-corrected chi connectivity index (χ1v) is 6.15. The lowest BCUT2D eigenvalue weighted by atomic mass is 10.1. The molecule has 2 aromatic rings. The molecule has 0 heterocycles. The first-order chi connectivity index (χ1) is 9.56. The number of nitrogens with one attached hydrogen (secondary N) is 1. The number of phenolic OH excluding ortho intramolecular Hbond substituents is 1. The summed E-state index contributed by atoms with van der Waals surface area (Å²) in [4.78, 5) is 11.9. The largest absolute Gasteiger partial charge is 0.508 e. The van der Waals surface area contributed by atoms with Crippen LogP contribution in [-0.4, -0.2) is 17.1 Å². The SMILES string of the molecule is N[C@H](Cc1ccc(O)cc1)C(=O)Nc1ccccc1F. The van der Waals surface area contributed by atoms with E-state index in [1.54, 1.807) is 24.3 Å². The molecule has 0 bridgehead atoms. The van der Waals surface area contributed by atoms with Gasteiger partial charge in [0, 0.05) is 0 Å². The lowest BCUT2D eigenvalue weighted by molar-refractivity contribution is -0.117. The number of rotatable bonds is 4. The van der Waals surface area contributed by atoms with E-state index in [0.717, 1.165) is 5.56 Å². The number of carbonyl (C=O) groups is 1. The number of hydrogen-bond donors (Lipinski definition) is 3. The average molecular weight is 274 g/mol. The molecule has 0 aliphatic carbocycles. The van der Waals surface area contributed by atoms with Crippen molar-refractivity contribution in [1.29, 1.82) is 0 Å². The number of aromatic hydroxyl groups is 1. The third-order valence-corrected chi connectivity index (χ3v) is 2.86. The molecule has 2 rings (SSSR count). The van der Waals surface area contributed by atoms with Crippen LogP contribution in [0.4, 0.5) is 10.1 Å². The maximum atomic E-state index is 13.4. The molecule has 0 aliphatic heterocycles. The maximum Gasteiger partial charge on any atom is 0.241 e. The van der Waals surface area contributed by atoms with E-state index in [1.165, 1.54) is 24.3 Å². The van der Waals surface area contributed by atoms with Crippen molar-refractivity contribution in [3.63, 3.8) is 0 Å². The van der Waals surface area contributed by atoms with E-state index >= 15 is 0 Å². The van der Waals surface area contributed by atoms with Crippen LogP contribution in [0.25, 0.3) is 0 Å². The Balaban J connectivity index is 1.99. The van der Waals surface area contributed by atoms with Gasteiger partial charge in [0.1, 0.15) is 11.6 Å². The first kappa shape index (κ1) is 14.0. The Morgan fingerprint density at radius 2 is 1.85 bits per heavy atom. The van der Waals surface area contributed by atoms with Crippen LogP contribution in [-0.2, 0) is 11.2 Å². The zero-order valence-electron chi connectivity index (χ0n) is 10.7. The predicted octanol–water partition coefficient (Wildman–Crippen LogP) is 2.04. The Bertz CT molecular complexity index is 599. The van der Waals surface area contributed by atoms with Gasteiger partial charge in [-0.15, -0.1) is 0 Å². The van der Waals surface area contributed by atoms with E-state index in [-0.39, 0.29) is 11.4 Å². The summed E-state index contributed by atoms with van der Waals surface area (Å²) in [6.07, 6.45) is 0.306. The number of benzene rings is 2. The van der Waals surface area contributed by atoms with Gasteiger partial charge in [-0.05, 0) is 36.2 Å². The van der Waals surface area contributed by atoms with Crippen LogP contribution in [0, 0.1) is 5.82 Å². The number of nitrogens with two attached hydrogens (primary N) is 1. The van der Waals surface area contributed by atoms with E-state index in [9.17, 15) is 14.3 Å². The molecule has 5 heteroatoms. The Kier molecular flexibility index (Phi) is 4.32. The number of halogens is 1. The first-order valence-electron chi connectivity index (χ1n) is 6.15. The van der Waals surface area contributed by atoms with E-state index in [0.29, 0.717) is 6.42 Å². The normalized spacial score (nSPS) is 11.9. The Morgan fingerprint density at radius 1 is 1.20 bits per heavy atom. The second-order valence-electron chi connectivity index (χ2n) is 4.45. The summed E-state index contributed by atoms with van der Waals surface area (Å²) in [5, 5.41) is 11.6. The fourth-order valence-corrected chi connectivity index (χ4v) is 1.77. The molecule has 1 atom stereocenters. The quantitative estimate of drug-likeness (QED) is 0.798. The third-order valence-electron chi connectivity index (χ3n) is 2.86. The topological polar surface area (TPSA) is 75.3 Å². The van der Waals surface area contributed by atoms with Gasteiger partial charge < -0.3 is 16.2 Å². The van der Waals surface area contributed by atoms with Gasteiger partial charge in [0.25, 0.3) is 0 Å². The van der Waals surface area contributed by atoms with Gasteiger partial charge in [-0.1, -0.05) is 24.3 Å². The van der Waals surface area contributed by atoms with Crippen LogP contribution in [0.2, 0.25) is 0 Å². The van der Waals surface area contributed by atoms with E-state index in [2.05, 4.69) is 5.32 Å². The van der Waals surface area contributed by atoms with Gasteiger partial charge in [0.05, 0.1) is 11.7 Å². The number of amides is 1. The summed E-state index contributed by atoms with van der Waals surface area (Å²) >= 11 is 0. The molecule has 0 aromatic heterocycles. The number of phenols is 1. The molecular formula is C15H15FN2O2. The minimum absolute atomic E-state index is 0.110. The van der Waals surface area contributed by atoms with Crippen molar-refractivity contribution < 1.29 is 14.3 Å². The van der Waals surface area contributed by atoms with Gasteiger partial charge in [-0.3, -0.25) is 4.79 Å². The third kappa shape index (κ3) is 3.55. The van der Waals surface area contributed by atoms with Gasteiger partial charge in [-0.25, -0.2) is 4.39 Å². The summed E-state index contributed by atoms with van der Waals surface area (Å²) in [6.45, 7) is 0. The highest BCUT2D eigenvalue weighted by atomic mass is 19.1. The Hall–Kier alpha value is -2.40. The molecule has 4 nitrogen and oxygen atoms in total. The number of para-hydroxylation sites is 1. The van der Waals surface area contributed by atoms with Crippen molar-refractivity contribution in [3.8, 4) is 5.75 Å². The fourth-order valence-electron chi connectivity index (χ4n) is 1.77. The molecule has 0 saturated carbocycles. The van der Waals surface area contributed by atoms with Crippen LogP contribution in [0.15, 0.2) is 48.5 Å². The fraction of sp³-hybridized carbons (Fsp3) is 0.133. The lowest BCUT2D eigenvalue weighted by Gasteiger charge is -2.12. The summed E-state index contributed by atoms with van der Waals surface area (Å²) < 4.78 is 13.4. The van der Waals surface area contributed by atoms with Crippen molar-refractivity contribution in [2.45, 2.75) is 12.5 Å². The van der Waals surface area contributed by atoms with Crippen molar-refractivity contribution in [3.05, 3.63) is 59.9 Å². The van der Waals surface area contributed by atoms with E-state index < -0.39 is 17.8 Å². The molecule has 1 amide bonds. The highest BCUT2D eigenvalue weighted by Crippen LogP contribution is 2.14. The summed E-state index contributed by atoms with van der Waals surface area (Å²) in [6, 6.07) is 11.5. The van der Waals surface area contributed by atoms with Gasteiger partial charge >= 0.3 is 0 Å².